The van der Waals surface area contributed by atoms with E-state index in [-0.39, 0.29) is 11.0 Å². The van der Waals surface area contributed by atoms with Crippen LogP contribution in [0.15, 0.2) is 42.7 Å². The molecule has 0 saturated heterocycles. The second kappa shape index (κ2) is 4.20. The van der Waals surface area contributed by atoms with Gasteiger partial charge in [0.1, 0.15) is 0 Å². The number of aromatic nitrogens is 2. The summed E-state index contributed by atoms with van der Waals surface area (Å²) in [6.07, 6.45) is 6.34. The van der Waals surface area contributed by atoms with Crippen molar-refractivity contribution in [1.29, 1.82) is 0 Å². The van der Waals surface area contributed by atoms with E-state index in [1.54, 1.807) is 0 Å². The van der Waals surface area contributed by atoms with Gasteiger partial charge in [0.15, 0.2) is 0 Å². The summed E-state index contributed by atoms with van der Waals surface area (Å²) in [4.78, 5) is 0. The third kappa shape index (κ3) is 2.19. The molecule has 0 spiro atoms. The molecule has 1 aliphatic carbocycles. The van der Waals surface area contributed by atoms with Crippen LogP contribution >= 0.6 is 0 Å². The fourth-order valence-electron chi connectivity index (χ4n) is 2.59. The molecule has 0 atom stereocenters. The standard InChI is InChI=1S/C16H21N3/c1-15(2,16(17)8-9-16)14-10-18-19(12-14)11-13-6-4-3-5-7-13/h3-7,10,12H,8-9,11,17H2,1-2H3. The zero-order valence-corrected chi connectivity index (χ0v) is 11.6. The predicted octanol–water partition coefficient (Wildman–Crippen LogP) is 2.70. The summed E-state index contributed by atoms with van der Waals surface area (Å²) in [5.74, 6) is 0. The van der Waals surface area contributed by atoms with Gasteiger partial charge in [0, 0.05) is 17.2 Å². The van der Waals surface area contributed by atoms with E-state index in [1.165, 1.54) is 11.1 Å². The van der Waals surface area contributed by atoms with Crippen molar-refractivity contribution in [3.8, 4) is 0 Å². The molecule has 0 amide bonds. The molecule has 100 valence electrons. The Bertz CT molecular complexity index is 565. The summed E-state index contributed by atoms with van der Waals surface area (Å²) in [6, 6.07) is 10.4. The van der Waals surface area contributed by atoms with E-state index in [1.807, 2.05) is 16.9 Å². The van der Waals surface area contributed by atoms with Gasteiger partial charge in [-0.1, -0.05) is 44.2 Å². The minimum Gasteiger partial charge on any atom is -0.324 e. The first-order chi connectivity index (χ1) is 9.01. The van der Waals surface area contributed by atoms with Crippen LogP contribution in [-0.2, 0) is 12.0 Å². The van der Waals surface area contributed by atoms with Crippen LogP contribution in [0, 0.1) is 0 Å². The molecule has 19 heavy (non-hydrogen) atoms. The summed E-state index contributed by atoms with van der Waals surface area (Å²) in [5.41, 5.74) is 8.86. The Labute approximate surface area is 114 Å². The third-order valence-electron chi connectivity index (χ3n) is 4.58. The van der Waals surface area contributed by atoms with Gasteiger partial charge in [0.2, 0.25) is 0 Å². The Kier molecular flexibility index (Phi) is 2.75. The van der Waals surface area contributed by atoms with Gasteiger partial charge in [0.25, 0.3) is 0 Å². The topological polar surface area (TPSA) is 43.8 Å². The van der Waals surface area contributed by atoms with Gasteiger partial charge >= 0.3 is 0 Å². The largest absolute Gasteiger partial charge is 0.324 e. The number of hydrogen-bond acceptors (Lipinski definition) is 2. The highest BCUT2D eigenvalue weighted by Crippen LogP contribution is 2.48. The summed E-state index contributed by atoms with van der Waals surface area (Å²) in [5, 5.41) is 4.48. The van der Waals surface area contributed by atoms with Crippen molar-refractivity contribution >= 4 is 0 Å². The number of benzene rings is 1. The van der Waals surface area contributed by atoms with Crippen molar-refractivity contribution < 1.29 is 0 Å². The van der Waals surface area contributed by atoms with Gasteiger partial charge in [-0.25, -0.2) is 0 Å². The van der Waals surface area contributed by atoms with E-state index in [9.17, 15) is 0 Å². The first-order valence-electron chi connectivity index (χ1n) is 6.87. The second-order valence-electron chi connectivity index (χ2n) is 6.19. The summed E-state index contributed by atoms with van der Waals surface area (Å²) in [6.45, 7) is 5.27. The van der Waals surface area contributed by atoms with Gasteiger partial charge < -0.3 is 5.73 Å². The average Bonchev–Trinajstić information content (AvgIpc) is 2.99. The second-order valence-corrected chi connectivity index (χ2v) is 6.19. The SMILES string of the molecule is CC(C)(c1cnn(Cc2ccccc2)c1)C1(N)CC1. The summed E-state index contributed by atoms with van der Waals surface area (Å²) in [7, 11) is 0. The molecule has 1 aliphatic rings. The van der Waals surface area contributed by atoms with E-state index in [4.69, 9.17) is 5.73 Å². The number of nitrogens with two attached hydrogens (primary N) is 1. The van der Waals surface area contributed by atoms with E-state index in [0.717, 1.165) is 19.4 Å². The smallest absolute Gasteiger partial charge is 0.0659 e. The molecule has 1 fully saturated rings. The van der Waals surface area contributed by atoms with Crippen molar-refractivity contribution in [3.05, 3.63) is 53.9 Å². The molecule has 2 N–H and O–H groups in total. The summed E-state index contributed by atoms with van der Waals surface area (Å²) >= 11 is 0. The molecule has 1 aromatic carbocycles. The fourth-order valence-corrected chi connectivity index (χ4v) is 2.59. The Hall–Kier alpha value is -1.61. The monoisotopic (exact) mass is 255 g/mol. The maximum Gasteiger partial charge on any atom is 0.0659 e. The third-order valence-corrected chi connectivity index (χ3v) is 4.58. The van der Waals surface area contributed by atoms with Crippen LogP contribution in [0.4, 0.5) is 0 Å². The molecule has 3 rings (SSSR count). The fraction of sp³-hybridized carbons (Fsp3) is 0.438. The Morgan fingerprint density at radius 3 is 2.58 bits per heavy atom. The maximum absolute atomic E-state index is 6.38. The molecule has 1 aromatic heterocycles. The van der Waals surface area contributed by atoms with Gasteiger partial charge in [0.05, 0.1) is 12.7 Å². The molecule has 2 aromatic rings. The van der Waals surface area contributed by atoms with Crippen molar-refractivity contribution in [2.75, 3.05) is 0 Å². The molecule has 0 bridgehead atoms. The molecule has 1 heterocycles. The van der Waals surface area contributed by atoms with Crippen molar-refractivity contribution in [2.45, 2.75) is 44.2 Å². The lowest BCUT2D eigenvalue weighted by Gasteiger charge is -2.30. The molecule has 0 aliphatic heterocycles. The lowest BCUT2D eigenvalue weighted by Crippen LogP contribution is -2.43. The molecule has 3 nitrogen and oxygen atoms in total. The van der Waals surface area contributed by atoms with E-state index >= 15 is 0 Å². The molecule has 0 radical (unpaired) electrons. The van der Waals surface area contributed by atoms with Gasteiger partial charge in [-0.3, -0.25) is 4.68 Å². The Morgan fingerprint density at radius 1 is 1.26 bits per heavy atom. The zero-order chi connectivity index (χ0) is 13.5. The first-order valence-corrected chi connectivity index (χ1v) is 6.87. The number of hydrogen-bond donors (Lipinski definition) is 1. The van der Waals surface area contributed by atoms with Crippen LogP contribution in [0.2, 0.25) is 0 Å². The van der Waals surface area contributed by atoms with Gasteiger partial charge in [-0.15, -0.1) is 0 Å². The van der Waals surface area contributed by atoms with Gasteiger partial charge in [-0.05, 0) is 24.0 Å². The molecular formula is C16H21N3. The maximum atomic E-state index is 6.38. The summed E-state index contributed by atoms with van der Waals surface area (Å²) < 4.78 is 2.00. The quantitative estimate of drug-likeness (QED) is 0.913. The van der Waals surface area contributed by atoms with Crippen molar-refractivity contribution in [1.82, 2.24) is 9.78 Å². The average molecular weight is 255 g/mol. The minimum absolute atomic E-state index is 0.00192. The lowest BCUT2D eigenvalue weighted by atomic mass is 9.77. The molecule has 1 saturated carbocycles. The Morgan fingerprint density at radius 2 is 1.95 bits per heavy atom. The number of nitrogens with zero attached hydrogens (tertiary/aromatic N) is 2. The molecular weight excluding hydrogens is 234 g/mol. The normalized spacial score (nSPS) is 17.4. The van der Waals surface area contributed by atoms with Crippen molar-refractivity contribution in [3.63, 3.8) is 0 Å². The van der Waals surface area contributed by atoms with Crippen LogP contribution < -0.4 is 5.73 Å². The van der Waals surface area contributed by atoms with E-state index in [2.05, 4.69) is 49.4 Å². The van der Waals surface area contributed by atoms with E-state index < -0.39 is 0 Å². The van der Waals surface area contributed by atoms with Gasteiger partial charge in [-0.2, -0.15) is 5.10 Å². The first kappa shape index (κ1) is 12.4. The van der Waals surface area contributed by atoms with Crippen LogP contribution in [0.3, 0.4) is 0 Å². The van der Waals surface area contributed by atoms with Crippen LogP contribution in [0.5, 0.6) is 0 Å². The molecule has 3 heteroatoms. The lowest BCUT2D eigenvalue weighted by molar-refractivity contribution is 0.391. The predicted molar refractivity (Wildman–Crippen MR) is 76.9 cm³/mol. The highest BCUT2D eigenvalue weighted by atomic mass is 15.3. The number of rotatable bonds is 4. The molecule has 0 unspecified atom stereocenters. The van der Waals surface area contributed by atoms with Crippen molar-refractivity contribution in [2.24, 2.45) is 5.73 Å². The van der Waals surface area contributed by atoms with Crippen LogP contribution in [0.1, 0.15) is 37.8 Å². The highest BCUT2D eigenvalue weighted by Gasteiger charge is 2.52. The minimum atomic E-state index is -0.0341. The Balaban J connectivity index is 1.80. The highest BCUT2D eigenvalue weighted by molar-refractivity contribution is 5.29. The zero-order valence-electron chi connectivity index (χ0n) is 11.6. The van der Waals surface area contributed by atoms with E-state index in [0.29, 0.717) is 0 Å². The van der Waals surface area contributed by atoms with Crippen LogP contribution in [-0.4, -0.2) is 15.3 Å². The van der Waals surface area contributed by atoms with Crippen LogP contribution in [0.25, 0.3) is 0 Å².